The van der Waals surface area contributed by atoms with E-state index in [-0.39, 0.29) is 6.03 Å². The van der Waals surface area contributed by atoms with Crippen LogP contribution in [0, 0.1) is 0 Å². The zero-order chi connectivity index (χ0) is 8.27. The van der Waals surface area contributed by atoms with Gasteiger partial charge in [0.1, 0.15) is 0 Å². The summed E-state index contributed by atoms with van der Waals surface area (Å²) in [7, 11) is 1.80. The van der Waals surface area contributed by atoms with Crippen molar-refractivity contribution in [3.05, 3.63) is 0 Å². The number of nitrogens with zero attached hydrogens (tertiary/aromatic N) is 1. The number of nitrogens with one attached hydrogen (secondary N) is 2. The largest absolute Gasteiger partial charge is 0.336 e. The number of carbonyl (C=O) groups excluding carboxylic acids is 1. The molecule has 0 saturated carbocycles. The maximum absolute atomic E-state index is 10.9. The van der Waals surface area contributed by atoms with Crippen LogP contribution in [-0.2, 0) is 0 Å². The van der Waals surface area contributed by atoms with Crippen molar-refractivity contribution in [3.63, 3.8) is 0 Å². The number of hydrogen-bond donors (Lipinski definition) is 2. The molecule has 1 atom stereocenters. The van der Waals surface area contributed by atoms with Gasteiger partial charge < -0.3 is 15.5 Å². The normalized spacial score (nSPS) is 25.1. The minimum Gasteiger partial charge on any atom is -0.336 e. The molecule has 0 radical (unpaired) electrons. The van der Waals surface area contributed by atoms with Crippen molar-refractivity contribution >= 4 is 6.03 Å². The standard InChI is InChI=1S/C7H15N3O/c1-3-8-6-4-9-7(11)10(2)5-6/h6,8H,3-5H2,1-2H3,(H,9,11). The Morgan fingerprint density at radius 1 is 1.82 bits per heavy atom. The molecule has 0 aromatic heterocycles. The Balaban J connectivity index is 2.33. The van der Waals surface area contributed by atoms with Crippen LogP contribution < -0.4 is 10.6 Å². The highest BCUT2D eigenvalue weighted by molar-refractivity contribution is 5.74. The third kappa shape index (κ3) is 2.08. The zero-order valence-electron chi connectivity index (χ0n) is 7.05. The third-order valence-electron chi connectivity index (χ3n) is 1.83. The average Bonchev–Trinajstić information content (AvgIpc) is 1.98. The lowest BCUT2D eigenvalue weighted by molar-refractivity contribution is 0.188. The summed E-state index contributed by atoms with van der Waals surface area (Å²) in [5, 5.41) is 6.07. The summed E-state index contributed by atoms with van der Waals surface area (Å²) in [6.07, 6.45) is 0. The van der Waals surface area contributed by atoms with Gasteiger partial charge in [0.2, 0.25) is 0 Å². The van der Waals surface area contributed by atoms with Gasteiger partial charge in [0.25, 0.3) is 0 Å². The molecule has 11 heavy (non-hydrogen) atoms. The number of hydrogen-bond acceptors (Lipinski definition) is 2. The summed E-state index contributed by atoms with van der Waals surface area (Å²) in [4.78, 5) is 12.6. The molecule has 1 fully saturated rings. The molecule has 0 aromatic carbocycles. The quantitative estimate of drug-likeness (QED) is 0.574. The van der Waals surface area contributed by atoms with E-state index >= 15 is 0 Å². The molecule has 0 aromatic rings. The summed E-state index contributed by atoms with van der Waals surface area (Å²) in [5.41, 5.74) is 0. The third-order valence-corrected chi connectivity index (χ3v) is 1.83. The maximum Gasteiger partial charge on any atom is 0.317 e. The van der Waals surface area contributed by atoms with Crippen molar-refractivity contribution < 1.29 is 4.79 Å². The molecule has 1 heterocycles. The van der Waals surface area contributed by atoms with Gasteiger partial charge in [0.05, 0.1) is 0 Å². The lowest BCUT2D eigenvalue weighted by atomic mass is 10.2. The summed E-state index contributed by atoms with van der Waals surface area (Å²) in [5.74, 6) is 0. The SMILES string of the molecule is CCNC1CNC(=O)N(C)C1. The Bertz CT molecular complexity index is 149. The van der Waals surface area contributed by atoms with E-state index in [0.29, 0.717) is 6.04 Å². The topological polar surface area (TPSA) is 44.4 Å². The van der Waals surface area contributed by atoms with E-state index in [1.165, 1.54) is 0 Å². The maximum atomic E-state index is 10.9. The second-order valence-corrected chi connectivity index (χ2v) is 2.82. The van der Waals surface area contributed by atoms with Crippen LogP contribution in [0.1, 0.15) is 6.92 Å². The molecule has 1 rings (SSSR count). The molecule has 2 amide bonds. The van der Waals surface area contributed by atoms with Crippen LogP contribution in [-0.4, -0.2) is 43.7 Å². The van der Waals surface area contributed by atoms with E-state index in [2.05, 4.69) is 17.6 Å². The number of urea groups is 1. The molecule has 0 spiro atoms. The fourth-order valence-electron chi connectivity index (χ4n) is 1.25. The van der Waals surface area contributed by atoms with Crippen molar-refractivity contribution in [1.29, 1.82) is 0 Å². The molecule has 1 aliphatic heterocycles. The summed E-state index contributed by atoms with van der Waals surface area (Å²) in [6.45, 7) is 4.57. The van der Waals surface area contributed by atoms with Crippen LogP contribution in [0.3, 0.4) is 0 Å². The monoisotopic (exact) mass is 157 g/mol. The predicted molar refractivity (Wildman–Crippen MR) is 43.5 cm³/mol. The minimum atomic E-state index is 0.0270. The molecular weight excluding hydrogens is 142 g/mol. The van der Waals surface area contributed by atoms with E-state index in [9.17, 15) is 4.79 Å². The fraction of sp³-hybridized carbons (Fsp3) is 0.857. The second kappa shape index (κ2) is 3.57. The predicted octanol–water partition coefficient (Wildman–Crippen LogP) is -0.380. The Hall–Kier alpha value is -0.770. The summed E-state index contributed by atoms with van der Waals surface area (Å²) >= 11 is 0. The van der Waals surface area contributed by atoms with Crippen molar-refractivity contribution in [3.8, 4) is 0 Å². The van der Waals surface area contributed by atoms with Crippen LogP contribution in [0.2, 0.25) is 0 Å². The molecule has 1 saturated heterocycles. The molecule has 0 aliphatic carbocycles. The van der Waals surface area contributed by atoms with E-state index in [1.807, 2.05) is 0 Å². The smallest absolute Gasteiger partial charge is 0.317 e. The van der Waals surface area contributed by atoms with Gasteiger partial charge in [-0.05, 0) is 6.54 Å². The molecule has 2 N–H and O–H groups in total. The van der Waals surface area contributed by atoms with Gasteiger partial charge in [0, 0.05) is 26.2 Å². The Kier molecular flexibility index (Phi) is 2.70. The lowest BCUT2D eigenvalue weighted by Crippen LogP contribution is -2.56. The van der Waals surface area contributed by atoms with Crippen molar-refractivity contribution in [1.82, 2.24) is 15.5 Å². The van der Waals surface area contributed by atoms with E-state index in [4.69, 9.17) is 0 Å². The number of amides is 2. The zero-order valence-corrected chi connectivity index (χ0v) is 7.05. The first-order valence-electron chi connectivity index (χ1n) is 3.96. The van der Waals surface area contributed by atoms with Crippen molar-refractivity contribution in [2.24, 2.45) is 0 Å². The van der Waals surface area contributed by atoms with Crippen molar-refractivity contribution in [2.45, 2.75) is 13.0 Å². The highest BCUT2D eigenvalue weighted by atomic mass is 16.2. The van der Waals surface area contributed by atoms with Crippen LogP contribution in [0.5, 0.6) is 0 Å². The summed E-state index contributed by atoms with van der Waals surface area (Å²) in [6, 6.07) is 0.432. The fourth-order valence-corrected chi connectivity index (χ4v) is 1.25. The van der Waals surface area contributed by atoms with Gasteiger partial charge in [0.15, 0.2) is 0 Å². The highest BCUT2D eigenvalue weighted by Crippen LogP contribution is 1.95. The van der Waals surface area contributed by atoms with Crippen LogP contribution >= 0.6 is 0 Å². The molecule has 1 aliphatic rings. The Morgan fingerprint density at radius 3 is 3.09 bits per heavy atom. The van der Waals surface area contributed by atoms with E-state index < -0.39 is 0 Å². The van der Waals surface area contributed by atoms with E-state index in [1.54, 1.807) is 11.9 Å². The molecular formula is C7H15N3O. The Morgan fingerprint density at radius 2 is 2.55 bits per heavy atom. The second-order valence-electron chi connectivity index (χ2n) is 2.82. The molecule has 1 unspecified atom stereocenters. The van der Waals surface area contributed by atoms with Crippen LogP contribution in [0.15, 0.2) is 0 Å². The van der Waals surface area contributed by atoms with Gasteiger partial charge in [-0.25, -0.2) is 4.79 Å². The number of likely N-dealkylation sites (N-methyl/N-ethyl adjacent to an activating group) is 2. The summed E-state index contributed by atoms with van der Waals surface area (Å²) < 4.78 is 0. The molecule has 4 heteroatoms. The van der Waals surface area contributed by atoms with Gasteiger partial charge >= 0.3 is 6.03 Å². The first-order chi connectivity index (χ1) is 5.24. The van der Waals surface area contributed by atoms with Gasteiger partial charge in [-0.1, -0.05) is 6.92 Å². The molecule has 0 bridgehead atoms. The van der Waals surface area contributed by atoms with Gasteiger partial charge in [-0.2, -0.15) is 0 Å². The first kappa shape index (κ1) is 8.33. The highest BCUT2D eigenvalue weighted by Gasteiger charge is 2.20. The minimum absolute atomic E-state index is 0.0270. The Labute approximate surface area is 66.9 Å². The van der Waals surface area contributed by atoms with Crippen LogP contribution in [0.25, 0.3) is 0 Å². The van der Waals surface area contributed by atoms with Crippen LogP contribution in [0.4, 0.5) is 4.79 Å². The molecule has 4 nitrogen and oxygen atoms in total. The lowest BCUT2D eigenvalue weighted by Gasteiger charge is -2.30. The van der Waals surface area contributed by atoms with Gasteiger partial charge in [-0.3, -0.25) is 0 Å². The molecule has 64 valence electrons. The van der Waals surface area contributed by atoms with Gasteiger partial charge in [-0.15, -0.1) is 0 Å². The van der Waals surface area contributed by atoms with E-state index in [0.717, 1.165) is 19.6 Å². The number of carbonyl (C=O) groups is 1. The first-order valence-corrected chi connectivity index (χ1v) is 3.96. The number of rotatable bonds is 2. The van der Waals surface area contributed by atoms with Crippen molar-refractivity contribution in [2.75, 3.05) is 26.7 Å². The average molecular weight is 157 g/mol.